The number of aromatic nitrogens is 1. The molecule has 1 N–H and O–H groups in total. The molecule has 0 saturated heterocycles. The molecule has 0 amide bonds. The number of hydrogen-bond donors (Lipinski definition) is 1. The van der Waals surface area contributed by atoms with Gasteiger partial charge in [0.05, 0.1) is 4.47 Å². The third-order valence-electron chi connectivity index (χ3n) is 5.31. The standard InChI is InChI=1S/C15H21BrN2/c1-14(2)10-6-7-15(3,9-10)13(14)18-12-11(16)5-4-8-17-12/h4-5,8,10,13H,6-7,9H2,1-3H3,(H,17,18). The zero-order valence-corrected chi connectivity index (χ0v) is 12.9. The highest BCUT2D eigenvalue weighted by Crippen LogP contribution is 2.63. The van der Waals surface area contributed by atoms with E-state index >= 15 is 0 Å². The number of pyridine rings is 1. The molecule has 3 atom stereocenters. The van der Waals surface area contributed by atoms with E-state index in [0.717, 1.165) is 16.2 Å². The van der Waals surface area contributed by atoms with E-state index in [1.54, 1.807) is 0 Å². The lowest BCUT2D eigenvalue weighted by Gasteiger charge is -2.43. The molecule has 3 unspecified atom stereocenters. The monoisotopic (exact) mass is 308 g/mol. The highest BCUT2D eigenvalue weighted by atomic mass is 79.9. The van der Waals surface area contributed by atoms with Crippen LogP contribution in [0, 0.1) is 16.7 Å². The van der Waals surface area contributed by atoms with Gasteiger partial charge in [0.25, 0.3) is 0 Å². The van der Waals surface area contributed by atoms with Crippen molar-refractivity contribution in [2.75, 3.05) is 5.32 Å². The fraction of sp³-hybridized carbons (Fsp3) is 0.667. The predicted octanol–water partition coefficient (Wildman–Crippen LogP) is 4.47. The lowest BCUT2D eigenvalue weighted by Crippen LogP contribution is -2.46. The summed E-state index contributed by atoms with van der Waals surface area (Å²) in [5, 5.41) is 3.71. The summed E-state index contributed by atoms with van der Waals surface area (Å²) in [6, 6.07) is 4.54. The van der Waals surface area contributed by atoms with Crippen molar-refractivity contribution in [2.24, 2.45) is 16.7 Å². The molecule has 2 aliphatic carbocycles. The lowest BCUT2D eigenvalue weighted by atomic mass is 9.68. The maximum atomic E-state index is 4.46. The number of fused-ring (bicyclic) bond motifs is 2. The summed E-state index contributed by atoms with van der Waals surface area (Å²) < 4.78 is 1.06. The summed E-state index contributed by atoms with van der Waals surface area (Å²) in [6.45, 7) is 7.27. The van der Waals surface area contributed by atoms with Crippen molar-refractivity contribution < 1.29 is 0 Å². The third-order valence-corrected chi connectivity index (χ3v) is 5.95. The fourth-order valence-electron chi connectivity index (χ4n) is 4.29. The first-order chi connectivity index (χ1) is 8.43. The van der Waals surface area contributed by atoms with Gasteiger partial charge in [-0.3, -0.25) is 0 Å². The molecule has 3 heteroatoms. The Morgan fingerprint density at radius 2 is 2.17 bits per heavy atom. The SMILES string of the molecule is CC12CCC(C1)C(C)(C)C2Nc1ncccc1Br. The van der Waals surface area contributed by atoms with Crippen molar-refractivity contribution >= 4 is 21.7 Å². The summed E-state index contributed by atoms with van der Waals surface area (Å²) in [4.78, 5) is 4.46. The van der Waals surface area contributed by atoms with E-state index in [9.17, 15) is 0 Å². The van der Waals surface area contributed by atoms with E-state index in [1.807, 2.05) is 12.3 Å². The summed E-state index contributed by atoms with van der Waals surface area (Å²) in [6.07, 6.45) is 5.96. The Morgan fingerprint density at radius 1 is 1.39 bits per heavy atom. The minimum absolute atomic E-state index is 0.365. The molecule has 1 heterocycles. The Labute approximate surface area is 118 Å². The topological polar surface area (TPSA) is 24.9 Å². The molecule has 1 aromatic heterocycles. The highest BCUT2D eigenvalue weighted by molar-refractivity contribution is 9.10. The summed E-state index contributed by atoms with van der Waals surface area (Å²) in [7, 11) is 0. The Morgan fingerprint density at radius 3 is 2.78 bits per heavy atom. The number of nitrogens with zero attached hydrogens (tertiary/aromatic N) is 1. The second-order valence-electron chi connectivity index (χ2n) is 6.83. The predicted molar refractivity (Wildman–Crippen MR) is 78.6 cm³/mol. The van der Waals surface area contributed by atoms with Gasteiger partial charge in [0.15, 0.2) is 0 Å². The average molecular weight is 309 g/mol. The van der Waals surface area contributed by atoms with E-state index < -0.39 is 0 Å². The van der Waals surface area contributed by atoms with E-state index in [4.69, 9.17) is 0 Å². The molecule has 0 spiro atoms. The molecular formula is C15H21BrN2. The van der Waals surface area contributed by atoms with Gasteiger partial charge < -0.3 is 5.32 Å². The van der Waals surface area contributed by atoms with Gasteiger partial charge in [-0.05, 0) is 64.1 Å². The van der Waals surface area contributed by atoms with Gasteiger partial charge in [0.2, 0.25) is 0 Å². The van der Waals surface area contributed by atoms with E-state index in [2.05, 4.69) is 53.1 Å². The summed E-state index contributed by atoms with van der Waals surface area (Å²) in [5.74, 6) is 1.85. The van der Waals surface area contributed by atoms with E-state index in [-0.39, 0.29) is 0 Å². The average Bonchev–Trinajstić information content (AvgIpc) is 2.78. The summed E-state index contributed by atoms with van der Waals surface area (Å²) in [5.41, 5.74) is 0.801. The highest BCUT2D eigenvalue weighted by Gasteiger charge is 2.59. The molecule has 2 aliphatic rings. The minimum atomic E-state index is 0.365. The van der Waals surface area contributed by atoms with Crippen molar-refractivity contribution in [1.29, 1.82) is 0 Å². The minimum Gasteiger partial charge on any atom is -0.365 e. The van der Waals surface area contributed by atoms with Gasteiger partial charge in [0, 0.05) is 12.2 Å². The number of nitrogens with one attached hydrogen (secondary N) is 1. The zero-order valence-electron chi connectivity index (χ0n) is 11.3. The largest absolute Gasteiger partial charge is 0.365 e. The number of anilines is 1. The van der Waals surface area contributed by atoms with Crippen LogP contribution < -0.4 is 5.32 Å². The molecule has 3 rings (SSSR count). The van der Waals surface area contributed by atoms with Crippen LogP contribution in [0.5, 0.6) is 0 Å². The molecule has 0 radical (unpaired) electrons. The molecule has 98 valence electrons. The maximum Gasteiger partial charge on any atom is 0.140 e. The molecule has 2 bridgehead atoms. The molecule has 1 aromatic rings. The van der Waals surface area contributed by atoms with Crippen molar-refractivity contribution in [3.63, 3.8) is 0 Å². The Balaban J connectivity index is 1.91. The number of rotatable bonds is 2. The van der Waals surface area contributed by atoms with Crippen LogP contribution in [-0.4, -0.2) is 11.0 Å². The first kappa shape index (κ1) is 12.5. The van der Waals surface area contributed by atoms with Gasteiger partial charge in [-0.1, -0.05) is 20.8 Å². The van der Waals surface area contributed by atoms with Crippen molar-refractivity contribution in [3.8, 4) is 0 Å². The van der Waals surface area contributed by atoms with Crippen LogP contribution in [0.25, 0.3) is 0 Å². The van der Waals surface area contributed by atoms with Gasteiger partial charge >= 0.3 is 0 Å². The maximum absolute atomic E-state index is 4.46. The molecule has 0 aromatic carbocycles. The number of hydrogen-bond acceptors (Lipinski definition) is 2. The fourth-order valence-corrected chi connectivity index (χ4v) is 4.66. The van der Waals surface area contributed by atoms with Crippen LogP contribution in [0.2, 0.25) is 0 Å². The Hall–Kier alpha value is -0.570. The zero-order chi connectivity index (χ0) is 13.0. The summed E-state index contributed by atoms with van der Waals surface area (Å²) >= 11 is 3.59. The first-order valence-electron chi connectivity index (χ1n) is 6.80. The molecule has 0 aliphatic heterocycles. The van der Waals surface area contributed by atoms with E-state index in [1.165, 1.54) is 19.3 Å². The van der Waals surface area contributed by atoms with Crippen molar-refractivity contribution in [3.05, 3.63) is 22.8 Å². The van der Waals surface area contributed by atoms with Gasteiger partial charge in [-0.2, -0.15) is 0 Å². The second-order valence-corrected chi connectivity index (χ2v) is 7.68. The normalized spacial score (nSPS) is 36.9. The van der Waals surface area contributed by atoms with Crippen LogP contribution in [0.3, 0.4) is 0 Å². The third kappa shape index (κ3) is 1.70. The second kappa shape index (κ2) is 3.96. The van der Waals surface area contributed by atoms with Crippen molar-refractivity contribution in [2.45, 2.75) is 46.1 Å². The van der Waals surface area contributed by atoms with Crippen LogP contribution in [0.4, 0.5) is 5.82 Å². The van der Waals surface area contributed by atoms with E-state index in [0.29, 0.717) is 16.9 Å². The smallest absolute Gasteiger partial charge is 0.140 e. The molecular weight excluding hydrogens is 288 g/mol. The molecule has 2 nitrogen and oxygen atoms in total. The van der Waals surface area contributed by atoms with Crippen LogP contribution in [-0.2, 0) is 0 Å². The quantitative estimate of drug-likeness (QED) is 0.872. The Bertz CT molecular complexity index is 467. The first-order valence-corrected chi connectivity index (χ1v) is 7.60. The molecule has 2 saturated carbocycles. The lowest BCUT2D eigenvalue weighted by molar-refractivity contribution is 0.155. The van der Waals surface area contributed by atoms with Crippen LogP contribution in [0.1, 0.15) is 40.0 Å². The Kier molecular flexibility index (Phi) is 2.74. The molecule has 2 fully saturated rings. The van der Waals surface area contributed by atoms with Gasteiger partial charge in [0.1, 0.15) is 5.82 Å². The van der Waals surface area contributed by atoms with Gasteiger partial charge in [-0.15, -0.1) is 0 Å². The van der Waals surface area contributed by atoms with Crippen LogP contribution >= 0.6 is 15.9 Å². The van der Waals surface area contributed by atoms with Gasteiger partial charge in [-0.25, -0.2) is 4.98 Å². The molecule has 18 heavy (non-hydrogen) atoms. The number of halogens is 1. The van der Waals surface area contributed by atoms with Crippen LogP contribution in [0.15, 0.2) is 22.8 Å². The van der Waals surface area contributed by atoms with Crippen molar-refractivity contribution in [1.82, 2.24) is 4.98 Å².